The number of hydrogen-bond acceptors (Lipinski definition) is 3. The van der Waals surface area contributed by atoms with Gasteiger partial charge in [-0.05, 0) is 60.9 Å². The maximum atomic E-state index is 11.0. The maximum absolute atomic E-state index is 11.0. The van der Waals surface area contributed by atoms with Crippen LogP contribution in [-0.4, -0.2) is 27.2 Å². The van der Waals surface area contributed by atoms with Crippen LogP contribution in [0.3, 0.4) is 0 Å². The largest absolute Gasteiger partial charge is 0.493 e. The average molecular weight is 419 g/mol. The number of benzene rings is 2. The molecule has 5 nitrogen and oxygen atoms in total. The van der Waals surface area contributed by atoms with E-state index in [0.29, 0.717) is 6.61 Å². The van der Waals surface area contributed by atoms with Crippen LogP contribution in [0.5, 0.6) is 5.75 Å². The number of carbonyl (C=O) groups is 1. The molecule has 0 saturated heterocycles. The number of carboxylic acid groups (broad SMARTS) is 1. The van der Waals surface area contributed by atoms with Gasteiger partial charge in [-0.25, -0.2) is 4.98 Å². The first-order valence-electron chi connectivity index (χ1n) is 11.0. The fourth-order valence-corrected chi connectivity index (χ4v) is 4.48. The highest BCUT2D eigenvalue weighted by Crippen LogP contribution is 2.37. The molecule has 0 spiro atoms. The Morgan fingerprint density at radius 1 is 1.23 bits per heavy atom. The third-order valence-corrected chi connectivity index (χ3v) is 6.44. The van der Waals surface area contributed by atoms with Crippen LogP contribution in [0.25, 0.3) is 11.4 Å². The molecule has 1 aliphatic rings. The lowest BCUT2D eigenvalue weighted by atomic mass is 9.98. The zero-order valence-electron chi connectivity index (χ0n) is 18.5. The maximum Gasteiger partial charge on any atom is 0.303 e. The molecular formula is C26H30N2O3. The Kier molecular flexibility index (Phi) is 6.12. The van der Waals surface area contributed by atoms with Crippen molar-refractivity contribution in [1.82, 2.24) is 9.55 Å². The number of aliphatic carboxylic acids is 1. The summed E-state index contributed by atoms with van der Waals surface area (Å²) in [7, 11) is 2.06. The minimum atomic E-state index is -0.732. The summed E-state index contributed by atoms with van der Waals surface area (Å²) in [6.07, 6.45) is 3.80. The van der Waals surface area contributed by atoms with Crippen molar-refractivity contribution in [2.24, 2.45) is 7.05 Å². The second-order valence-electron chi connectivity index (χ2n) is 8.37. The first kappa shape index (κ1) is 21.2. The molecule has 162 valence electrons. The van der Waals surface area contributed by atoms with Crippen molar-refractivity contribution < 1.29 is 14.6 Å². The minimum Gasteiger partial charge on any atom is -0.493 e. The molecule has 0 bridgehead atoms. The monoisotopic (exact) mass is 418 g/mol. The van der Waals surface area contributed by atoms with Crippen LogP contribution < -0.4 is 4.74 Å². The second kappa shape index (κ2) is 8.96. The van der Waals surface area contributed by atoms with E-state index in [2.05, 4.69) is 55.8 Å². The van der Waals surface area contributed by atoms with Crippen LogP contribution in [0.2, 0.25) is 0 Å². The standard InChI is InChI=1S/C26H30N2O3/c1-4-18-5-7-19(8-6-18)26-27-24(17(2)28(26)3)13-14-31-22-11-12-23-20(15-22)9-10-21(23)16-25(29)30/h5-8,11-12,15,21H,4,9-10,13-14,16H2,1-3H3,(H,29,30)/t21-/m0/s1. The summed E-state index contributed by atoms with van der Waals surface area (Å²) >= 11 is 0. The Morgan fingerprint density at radius 2 is 2.00 bits per heavy atom. The number of fused-ring (bicyclic) bond motifs is 1. The van der Waals surface area contributed by atoms with E-state index in [4.69, 9.17) is 14.8 Å². The van der Waals surface area contributed by atoms with Gasteiger partial charge in [0.15, 0.2) is 0 Å². The lowest BCUT2D eigenvalue weighted by Gasteiger charge is -2.11. The number of carboxylic acids is 1. The summed E-state index contributed by atoms with van der Waals surface area (Å²) in [5.74, 6) is 1.22. The number of imidazole rings is 1. The zero-order valence-corrected chi connectivity index (χ0v) is 18.5. The van der Waals surface area contributed by atoms with Gasteiger partial charge in [0.2, 0.25) is 0 Å². The van der Waals surface area contributed by atoms with Crippen LogP contribution >= 0.6 is 0 Å². The lowest BCUT2D eigenvalue weighted by Crippen LogP contribution is -2.05. The molecule has 1 N–H and O–H groups in total. The molecule has 0 aliphatic heterocycles. The summed E-state index contributed by atoms with van der Waals surface area (Å²) in [4.78, 5) is 15.9. The summed E-state index contributed by atoms with van der Waals surface area (Å²) < 4.78 is 8.17. The molecule has 3 aromatic rings. The highest BCUT2D eigenvalue weighted by molar-refractivity contribution is 5.68. The predicted octanol–water partition coefficient (Wildman–Crippen LogP) is 5.08. The SMILES string of the molecule is CCc1ccc(-c2nc(CCOc3ccc4c(c3)CC[C@H]4CC(=O)O)c(C)n2C)cc1. The van der Waals surface area contributed by atoms with Gasteiger partial charge >= 0.3 is 5.97 Å². The number of ether oxygens (including phenoxy) is 1. The molecule has 0 unspecified atom stereocenters. The molecule has 2 aromatic carbocycles. The molecule has 0 fully saturated rings. The molecule has 31 heavy (non-hydrogen) atoms. The van der Waals surface area contributed by atoms with Gasteiger partial charge < -0.3 is 14.4 Å². The molecule has 1 heterocycles. The van der Waals surface area contributed by atoms with Crippen molar-refractivity contribution in [1.29, 1.82) is 0 Å². The first-order valence-corrected chi connectivity index (χ1v) is 11.0. The van der Waals surface area contributed by atoms with E-state index in [9.17, 15) is 4.79 Å². The van der Waals surface area contributed by atoms with Crippen LogP contribution in [0.15, 0.2) is 42.5 Å². The Hall–Kier alpha value is -3.08. The zero-order chi connectivity index (χ0) is 22.0. The smallest absolute Gasteiger partial charge is 0.303 e. The molecular weight excluding hydrogens is 388 g/mol. The normalized spacial score (nSPS) is 15.1. The number of hydrogen-bond donors (Lipinski definition) is 1. The van der Waals surface area contributed by atoms with E-state index in [-0.39, 0.29) is 12.3 Å². The third-order valence-electron chi connectivity index (χ3n) is 6.44. The Balaban J connectivity index is 1.41. The van der Waals surface area contributed by atoms with E-state index in [1.165, 1.54) is 11.1 Å². The van der Waals surface area contributed by atoms with Gasteiger partial charge in [0.05, 0.1) is 18.7 Å². The predicted molar refractivity (Wildman–Crippen MR) is 122 cm³/mol. The summed E-state index contributed by atoms with van der Waals surface area (Å²) in [5.41, 5.74) is 7.05. The van der Waals surface area contributed by atoms with Gasteiger partial charge in [0.25, 0.3) is 0 Å². The highest BCUT2D eigenvalue weighted by atomic mass is 16.5. The first-order chi connectivity index (χ1) is 15.0. The van der Waals surface area contributed by atoms with Crippen molar-refractivity contribution >= 4 is 5.97 Å². The number of rotatable bonds is 8. The average Bonchev–Trinajstić information content (AvgIpc) is 3.29. The fraction of sp³-hybridized carbons (Fsp3) is 0.385. The highest BCUT2D eigenvalue weighted by Gasteiger charge is 2.25. The van der Waals surface area contributed by atoms with E-state index < -0.39 is 5.97 Å². The minimum absolute atomic E-state index is 0.127. The molecule has 1 atom stereocenters. The van der Waals surface area contributed by atoms with E-state index in [0.717, 1.165) is 59.8 Å². The third kappa shape index (κ3) is 4.50. The summed E-state index contributed by atoms with van der Waals surface area (Å²) in [6.45, 7) is 4.82. The van der Waals surface area contributed by atoms with Crippen molar-refractivity contribution in [3.63, 3.8) is 0 Å². The van der Waals surface area contributed by atoms with E-state index in [1.54, 1.807) is 0 Å². The molecule has 0 saturated carbocycles. The quantitative estimate of drug-likeness (QED) is 0.554. The van der Waals surface area contributed by atoms with E-state index in [1.807, 2.05) is 12.1 Å². The summed E-state index contributed by atoms with van der Waals surface area (Å²) in [5, 5.41) is 9.09. The van der Waals surface area contributed by atoms with Gasteiger partial charge in [-0.2, -0.15) is 0 Å². The van der Waals surface area contributed by atoms with Crippen LogP contribution in [0.4, 0.5) is 0 Å². The van der Waals surface area contributed by atoms with Gasteiger partial charge in [0, 0.05) is 24.7 Å². The lowest BCUT2D eigenvalue weighted by molar-refractivity contribution is -0.137. The van der Waals surface area contributed by atoms with Gasteiger partial charge in [0.1, 0.15) is 11.6 Å². The number of aromatic nitrogens is 2. The number of nitrogens with zero attached hydrogens (tertiary/aromatic N) is 2. The molecule has 0 amide bonds. The fourth-order valence-electron chi connectivity index (χ4n) is 4.48. The molecule has 1 aliphatic carbocycles. The molecule has 1 aromatic heterocycles. The van der Waals surface area contributed by atoms with Gasteiger partial charge in [-0.3, -0.25) is 4.79 Å². The molecule has 5 heteroatoms. The molecule has 0 radical (unpaired) electrons. The number of aryl methyl sites for hydroxylation is 2. The van der Waals surface area contributed by atoms with Gasteiger partial charge in [-0.15, -0.1) is 0 Å². The van der Waals surface area contributed by atoms with Crippen LogP contribution in [-0.2, 0) is 31.1 Å². The summed E-state index contributed by atoms with van der Waals surface area (Å²) in [6, 6.07) is 14.7. The van der Waals surface area contributed by atoms with Crippen molar-refractivity contribution in [2.75, 3.05) is 6.61 Å². The second-order valence-corrected chi connectivity index (χ2v) is 8.37. The van der Waals surface area contributed by atoms with E-state index >= 15 is 0 Å². The van der Waals surface area contributed by atoms with Crippen LogP contribution in [0.1, 0.15) is 53.8 Å². The topological polar surface area (TPSA) is 64.3 Å². The van der Waals surface area contributed by atoms with Crippen molar-refractivity contribution in [2.45, 2.75) is 51.9 Å². The van der Waals surface area contributed by atoms with Crippen molar-refractivity contribution in [3.05, 3.63) is 70.5 Å². The molecule has 4 rings (SSSR count). The van der Waals surface area contributed by atoms with Crippen LogP contribution in [0, 0.1) is 6.92 Å². The van der Waals surface area contributed by atoms with Crippen molar-refractivity contribution in [3.8, 4) is 17.1 Å². The Labute approximate surface area is 183 Å². The van der Waals surface area contributed by atoms with Gasteiger partial charge in [-0.1, -0.05) is 37.3 Å². The Bertz CT molecular complexity index is 1080. The Morgan fingerprint density at radius 3 is 2.71 bits per heavy atom.